The number of piperidine rings is 1. The first-order valence-corrected chi connectivity index (χ1v) is 12.2. The molecule has 1 atom stereocenters. The van der Waals surface area contributed by atoms with Crippen molar-refractivity contribution in [3.63, 3.8) is 0 Å². The van der Waals surface area contributed by atoms with Crippen LogP contribution in [-0.4, -0.2) is 31.7 Å². The second kappa shape index (κ2) is 8.26. The fourth-order valence-electron chi connectivity index (χ4n) is 4.78. The molecule has 1 aromatic carbocycles. The van der Waals surface area contributed by atoms with Crippen LogP contribution in [0.25, 0.3) is 0 Å². The van der Waals surface area contributed by atoms with E-state index in [1.165, 1.54) is 0 Å². The lowest BCUT2D eigenvalue weighted by Crippen LogP contribution is -2.45. The average molecular weight is 467 g/mol. The third-order valence-electron chi connectivity index (χ3n) is 6.39. The highest BCUT2D eigenvalue weighted by molar-refractivity contribution is 7.89. The van der Waals surface area contributed by atoms with Crippen molar-refractivity contribution in [3.8, 4) is 0 Å². The standard InChI is InChI=1S/C23H28F2N2O4S/c1-14-10-17-19(12-23(2,3)13-20(17)31-14)26-22(28)15-6-8-27(9-7-15)32(29,30)21-11-16(24)4-5-18(21)25/h4-5,10-11,15,19H,6-9,12-13H2,1-3H3,(H,26,28). The number of halogens is 2. The van der Waals surface area contributed by atoms with Gasteiger partial charge in [0.25, 0.3) is 0 Å². The predicted octanol–water partition coefficient (Wildman–Crippen LogP) is 4.10. The Morgan fingerprint density at radius 1 is 1.19 bits per heavy atom. The number of carbonyl (C=O) groups excluding carboxylic acids is 1. The maximum Gasteiger partial charge on any atom is 0.246 e. The lowest BCUT2D eigenvalue weighted by atomic mass is 9.74. The van der Waals surface area contributed by atoms with Crippen molar-refractivity contribution < 1.29 is 26.4 Å². The zero-order valence-corrected chi connectivity index (χ0v) is 19.3. The third kappa shape index (κ3) is 4.45. The Kier molecular flexibility index (Phi) is 5.92. The number of carbonyl (C=O) groups is 1. The van der Waals surface area contributed by atoms with E-state index in [4.69, 9.17) is 4.42 Å². The van der Waals surface area contributed by atoms with Crippen LogP contribution in [0.5, 0.6) is 0 Å². The molecule has 1 aliphatic heterocycles. The van der Waals surface area contributed by atoms with Gasteiger partial charge in [0, 0.05) is 31.0 Å². The number of rotatable bonds is 4. The molecular formula is C23H28F2N2O4S. The van der Waals surface area contributed by atoms with Crippen LogP contribution in [0, 0.1) is 29.9 Å². The number of aryl methyl sites for hydroxylation is 1. The van der Waals surface area contributed by atoms with Crippen LogP contribution in [0.2, 0.25) is 0 Å². The van der Waals surface area contributed by atoms with Crippen molar-refractivity contribution in [1.82, 2.24) is 9.62 Å². The first-order valence-electron chi connectivity index (χ1n) is 10.8. The van der Waals surface area contributed by atoms with E-state index < -0.39 is 26.6 Å². The normalized spacial score (nSPS) is 21.8. The quantitative estimate of drug-likeness (QED) is 0.736. The summed E-state index contributed by atoms with van der Waals surface area (Å²) in [6.45, 7) is 6.32. The molecule has 0 saturated carbocycles. The molecular weight excluding hydrogens is 438 g/mol. The molecule has 1 saturated heterocycles. The summed E-state index contributed by atoms with van der Waals surface area (Å²) in [4.78, 5) is 12.3. The number of furan rings is 1. The number of nitrogens with zero attached hydrogens (tertiary/aromatic N) is 1. The van der Waals surface area contributed by atoms with Crippen molar-refractivity contribution in [3.05, 3.63) is 53.0 Å². The predicted molar refractivity (Wildman–Crippen MR) is 114 cm³/mol. The van der Waals surface area contributed by atoms with Crippen molar-refractivity contribution in [2.45, 2.75) is 57.4 Å². The van der Waals surface area contributed by atoms with Crippen LogP contribution in [0.4, 0.5) is 8.78 Å². The van der Waals surface area contributed by atoms with Gasteiger partial charge in [0.1, 0.15) is 28.1 Å². The fourth-order valence-corrected chi connectivity index (χ4v) is 6.32. The van der Waals surface area contributed by atoms with E-state index in [9.17, 15) is 22.0 Å². The summed E-state index contributed by atoms with van der Waals surface area (Å²) in [5.74, 6) is -0.551. The van der Waals surface area contributed by atoms with Crippen LogP contribution in [0.15, 0.2) is 33.6 Å². The van der Waals surface area contributed by atoms with Gasteiger partial charge in [-0.05, 0) is 55.9 Å². The molecule has 6 nitrogen and oxygen atoms in total. The van der Waals surface area contributed by atoms with Crippen LogP contribution in [0.1, 0.15) is 56.2 Å². The van der Waals surface area contributed by atoms with Gasteiger partial charge in [-0.25, -0.2) is 17.2 Å². The fraction of sp³-hybridized carbons (Fsp3) is 0.522. The second-order valence-electron chi connectivity index (χ2n) is 9.59. The molecule has 0 bridgehead atoms. The summed E-state index contributed by atoms with van der Waals surface area (Å²) >= 11 is 0. The van der Waals surface area contributed by atoms with Gasteiger partial charge >= 0.3 is 0 Å². The highest BCUT2D eigenvalue weighted by atomic mass is 32.2. The SMILES string of the molecule is Cc1cc2c(o1)CC(C)(C)CC2NC(=O)C1CCN(S(=O)(=O)c2cc(F)ccc2F)CC1. The van der Waals surface area contributed by atoms with Gasteiger partial charge in [-0.1, -0.05) is 13.8 Å². The van der Waals surface area contributed by atoms with Gasteiger partial charge < -0.3 is 9.73 Å². The lowest BCUT2D eigenvalue weighted by Gasteiger charge is -2.36. The zero-order valence-electron chi connectivity index (χ0n) is 18.5. The zero-order chi connectivity index (χ0) is 23.3. The minimum absolute atomic E-state index is 0.0122. The maximum absolute atomic E-state index is 14.0. The topological polar surface area (TPSA) is 79.6 Å². The molecule has 0 spiro atoms. The van der Waals surface area contributed by atoms with Crippen molar-refractivity contribution >= 4 is 15.9 Å². The minimum Gasteiger partial charge on any atom is -0.466 e. The van der Waals surface area contributed by atoms with Gasteiger partial charge in [0.05, 0.1) is 6.04 Å². The number of sulfonamides is 1. The molecule has 1 unspecified atom stereocenters. The van der Waals surface area contributed by atoms with E-state index in [1.807, 2.05) is 13.0 Å². The monoisotopic (exact) mass is 466 g/mol. The summed E-state index contributed by atoms with van der Waals surface area (Å²) in [6.07, 6.45) is 2.23. The average Bonchev–Trinajstić information content (AvgIpc) is 3.08. The van der Waals surface area contributed by atoms with E-state index in [-0.39, 0.29) is 36.4 Å². The molecule has 2 heterocycles. The highest BCUT2D eigenvalue weighted by Crippen LogP contribution is 2.42. The summed E-state index contributed by atoms with van der Waals surface area (Å²) in [7, 11) is -4.17. The Labute approximate surface area is 187 Å². The summed E-state index contributed by atoms with van der Waals surface area (Å²) < 4.78 is 60.0. The van der Waals surface area contributed by atoms with Crippen LogP contribution < -0.4 is 5.32 Å². The first kappa shape index (κ1) is 22.9. The van der Waals surface area contributed by atoms with E-state index in [1.54, 1.807) is 0 Å². The Morgan fingerprint density at radius 2 is 1.88 bits per heavy atom. The Balaban J connectivity index is 1.43. The summed E-state index contributed by atoms with van der Waals surface area (Å²) in [5, 5.41) is 3.14. The van der Waals surface area contributed by atoms with E-state index >= 15 is 0 Å². The van der Waals surface area contributed by atoms with E-state index in [2.05, 4.69) is 19.2 Å². The number of hydrogen-bond acceptors (Lipinski definition) is 4. The third-order valence-corrected chi connectivity index (χ3v) is 8.30. The van der Waals surface area contributed by atoms with Gasteiger partial charge in [-0.15, -0.1) is 0 Å². The number of nitrogens with one attached hydrogen (secondary N) is 1. The maximum atomic E-state index is 14.0. The molecule has 1 aromatic heterocycles. The molecule has 2 aliphatic rings. The number of hydrogen-bond donors (Lipinski definition) is 1. The Morgan fingerprint density at radius 3 is 2.56 bits per heavy atom. The number of amides is 1. The minimum atomic E-state index is -4.17. The molecule has 0 radical (unpaired) electrons. The lowest BCUT2D eigenvalue weighted by molar-refractivity contribution is -0.127. The van der Waals surface area contributed by atoms with Crippen molar-refractivity contribution in [2.75, 3.05) is 13.1 Å². The number of fused-ring (bicyclic) bond motifs is 1. The van der Waals surface area contributed by atoms with Gasteiger partial charge in [0.2, 0.25) is 15.9 Å². The smallest absolute Gasteiger partial charge is 0.246 e. The molecule has 32 heavy (non-hydrogen) atoms. The van der Waals surface area contributed by atoms with Crippen LogP contribution in [0.3, 0.4) is 0 Å². The van der Waals surface area contributed by atoms with Gasteiger partial charge in [-0.3, -0.25) is 4.79 Å². The second-order valence-corrected chi connectivity index (χ2v) is 11.5. The van der Waals surface area contributed by atoms with Gasteiger partial charge in [0.15, 0.2) is 0 Å². The Bertz CT molecular complexity index is 1130. The molecule has 1 amide bonds. The highest BCUT2D eigenvalue weighted by Gasteiger charge is 2.38. The molecule has 2 aromatic rings. The molecule has 174 valence electrons. The van der Waals surface area contributed by atoms with Crippen molar-refractivity contribution in [1.29, 1.82) is 0 Å². The number of benzene rings is 1. The molecule has 9 heteroatoms. The first-order chi connectivity index (χ1) is 15.0. The molecule has 1 N–H and O–H groups in total. The van der Waals surface area contributed by atoms with E-state index in [0.29, 0.717) is 18.9 Å². The van der Waals surface area contributed by atoms with Gasteiger partial charge in [-0.2, -0.15) is 4.31 Å². The largest absolute Gasteiger partial charge is 0.466 e. The molecule has 4 rings (SSSR count). The van der Waals surface area contributed by atoms with Crippen LogP contribution >= 0.6 is 0 Å². The van der Waals surface area contributed by atoms with Crippen LogP contribution in [-0.2, 0) is 21.2 Å². The van der Waals surface area contributed by atoms with E-state index in [0.717, 1.165) is 46.4 Å². The van der Waals surface area contributed by atoms with Crippen molar-refractivity contribution in [2.24, 2.45) is 11.3 Å². The Hall–Kier alpha value is -2.26. The summed E-state index contributed by atoms with van der Waals surface area (Å²) in [5.41, 5.74) is 0.999. The molecule has 1 aliphatic carbocycles. The summed E-state index contributed by atoms with van der Waals surface area (Å²) in [6, 6.07) is 4.20. The molecule has 1 fully saturated rings.